The predicted molar refractivity (Wildman–Crippen MR) is 79.6 cm³/mol. The quantitative estimate of drug-likeness (QED) is 0.660. The van der Waals surface area contributed by atoms with Gasteiger partial charge in [0.15, 0.2) is 0 Å². The van der Waals surface area contributed by atoms with Crippen molar-refractivity contribution >= 4 is 40.7 Å². The standard InChI is InChI=1S/C13H9Cl2NO3S/c14-11-3-1-10(6-12(11)15)20-9-2-4-13(16(18)19)8(5-9)7-17/h1-6,17H,7H2. The number of aliphatic hydroxyl groups is 1. The van der Waals surface area contributed by atoms with Crippen LogP contribution < -0.4 is 0 Å². The van der Waals surface area contributed by atoms with Crippen LogP contribution in [0, 0.1) is 10.1 Å². The van der Waals surface area contributed by atoms with Crippen LogP contribution in [0.15, 0.2) is 46.2 Å². The summed E-state index contributed by atoms with van der Waals surface area (Å²) in [6.45, 7) is -0.383. The fourth-order valence-electron chi connectivity index (χ4n) is 1.61. The van der Waals surface area contributed by atoms with Gasteiger partial charge in [-0.1, -0.05) is 35.0 Å². The minimum absolute atomic E-state index is 0.0917. The number of hydrogen-bond donors (Lipinski definition) is 1. The Bertz CT molecular complexity index is 664. The van der Waals surface area contributed by atoms with Gasteiger partial charge in [-0.3, -0.25) is 10.1 Å². The van der Waals surface area contributed by atoms with Crippen molar-refractivity contribution in [3.05, 3.63) is 62.1 Å². The van der Waals surface area contributed by atoms with E-state index in [-0.39, 0.29) is 17.9 Å². The Morgan fingerprint density at radius 3 is 2.35 bits per heavy atom. The lowest BCUT2D eigenvalue weighted by Crippen LogP contribution is -1.95. The first-order chi connectivity index (χ1) is 9.51. The summed E-state index contributed by atoms with van der Waals surface area (Å²) < 4.78 is 0. The molecule has 0 atom stereocenters. The van der Waals surface area contributed by atoms with Gasteiger partial charge in [-0.05, 0) is 30.3 Å². The average molecular weight is 330 g/mol. The molecular formula is C13H9Cl2NO3S. The first kappa shape index (κ1) is 15.1. The Hall–Kier alpha value is -1.27. The van der Waals surface area contributed by atoms with E-state index in [4.69, 9.17) is 23.2 Å². The first-order valence-corrected chi connectivity index (χ1v) is 7.09. The monoisotopic (exact) mass is 329 g/mol. The van der Waals surface area contributed by atoms with Crippen molar-refractivity contribution in [2.24, 2.45) is 0 Å². The lowest BCUT2D eigenvalue weighted by molar-refractivity contribution is -0.385. The summed E-state index contributed by atoms with van der Waals surface area (Å²) >= 11 is 13.2. The van der Waals surface area contributed by atoms with E-state index in [2.05, 4.69) is 0 Å². The minimum Gasteiger partial charge on any atom is -0.391 e. The maximum Gasteiger partial charge on any atom is 0.274 e. The van der Waals surface area contributed by atoms with Gasteiger partial charge in [0.1, 0.15) is 0 Å². The van der Waals surface area contributed by atoms with Gasteiger partial charge in [-0.2, -0.15) is 0 Å². The minimum atomic E-state index is -0.515. The molecule has 0 aliphatic carbocycles. The van der Waals surface area contributed by atoms with Crippen molar-refractivity contribution < 1.29 is 10.0 Å². The average Bonchev–Trinajstić information content (AvgIpc) is 2.42. The van der Waals surface area contributed by atoms with E-state index in [1.54, 1.807) is 30.3 Å². The number of nitro benzene ring substituents is 1. The van der Waals surface area contributed by atoms with Crippen LogP contribution >= 0.6 is 35.0 Å². The molecule has 0 fully saturated rings. The van der Waals surface area contributed by atoms with E-state index in [0.29, 0.717) is 10.0 Å². The maximum absolute atomic E-state index is 10.8. The lowest BCUT2D eigenvalue weighted by Gasteiger charge is -2.05. The largest absolute Gasteiger partial charge is 0.391 e. The number of halogens is 2. The van der Waals surface area contributed by atoms with Gasteiger partial charge in [-0.15, -0.1) is 0 Å². The van der Waals surface area contributed by atoms with Gasteiger partial charge in [-0.25, -0.2) is 0 Å². The van der Waals surface area contributed by atoms with Crippen molar-refractivity contribution in [1.82, 2.24) is 0 Å². The molecule has 2 aromatic carbocycles. The van der Waals surface area contributed by atoms with Crippen LogP contribution in [-0.2, 0) is 6.61 Å². The zero-order valence-electron chi connectivity index (χ0n) is 10.0. The maximum atomic E-state index is 10.8. The molecule has 7 heteroatoms. The second-order valence-electron chi connectivity index (χ2n) is 3.88. The highest BCUT2D eigenvalue weighted by Gasteiger charge is 2.13. The number of aliphatic hydroxyl groups excluding tert-OH is 1. The summed E-state index contributed by atoms with van der Waals surface area (Å²) in [4.78, 5) is 11.9. The molecule has 4 nitrogen and oxygen atoms in total. The third kappa shape index (κ3) is 3.43. The highest BCUT2D eigenvalue weighted by atomic mass is 35.5. The van der Waals surface area contributed by atoms with Gasteiger partial charge in [0, 0.05) is 15.9 Å². The van der Waals surface area contributed by atoms with Gasteiger partial charge < -0.3 is 5.11 Å². The highest BCUT2D eigenvalue weighted by molar-refractivity contribution is 7.99. The summed E-state index contributed by atoms with van der Waals surface area (Å²) in [5, 5.41) is 20.9. The molecule has 104 valence electrons. The van der Waals surface area contributed by atoms with E-state index in [0.717, 1.165) is 9.79 Å². The van der Waals surface area contributed by atoms with E-state index in [1.807, 2.05) is 0 Å². The van der Waals surface area contributed by atoms with Crippen LogP contribution in [0.25, 0.3) is 0 Å². The number of rotatable bonds is 4. The summed E-state index contributed by atoms with van der Waals surface area (Å²) in [5.74, 6) is 0. The Balaban J connectivity index is 2.29. The second-order valence-corrected chi connectivity index (χ2v) is 5.85. The fraction of sp³-hybridized carbons (Fsp3) is 0.0769. The third-order valence-electron chi connectivity index (χ3n) is 2.54. The molecule has 1 N–H and O–H groups in total. The van der Waals surface area contributed by atoms with Crippen LogP contribution in [0.4, 0.5) is 5.69 Å². The van der Waals surface area contributed by atoms with Crippen molar-refractivity contribution in [2.75, 3.05) is 0 Å². The molecular weight excluding hydrogens is 321 g/mol. The van der Waals surface area contributed by atoms with Crippen molar-refractivity contribution in [2.45, 2.75) is 16.4 Å². The zero-order valence-corrected chi connectivity index (χ0v) is 12.4. The van der Waals surface area contributed by atoms with Crippen molar-refractivity contribution in [1.29, 1.82) is 0 Å². The molecule has 0 heterocycles. The smallest absolute Gasteiger partial charge is 0.274 e. The molecule has 20 heavy (non-hydrogen) atoms. The molecule has 0 aromatic heterocycles. The summed E-state index contributed by atoms with van der Waals surface area (Å²) in [5.41, 5.74) is 0.186. The Kier molecular flexibility index (Phi) is 4.88. The van der Waals surface area contributed by atoms with Crippen LogP contribution in [0.5, 0.6) is 0 Å². The third-order valence-corrected chi connectivity index (χ3v) is 4.26. The number of benzene rings is 2. The number of nitrogens with zero attached hydrogens (tertiary/aromatic N) is 1. The number of nitro groups is 1. The van der Waals surface area contributed by atoms with Crippen molar-refractivity contribution in [3.63, 3.8) is 0 Å². The molecule has 0 aliphatic heterocycles. The van der Waals surface area contributed by atoms with Gasteiger partial charge in [0.05, 0.1) is 27.1 Å². The Morgan fingerprint density at radius 2 is 1.75 bits per heavy atom. The van der Waals surface area contributed by atoms with Crippen molar-refractivity contribution in [3.8, 4) is 0 Å². The topological polar surface area (TPSA) is 63.4 Å². The molecule has 0 unspecified atom stereocenters. The molecule has 0 aliphatic rings. The van der Waals surface area contributed by atoms with Gasteiger partial charge >= 0.3 is 0 Å². The van der Waals surface area contributed by atoms with E-state index >= 15 is 0 Å². The van der Waals surface area contributed by atoms with Gasteiger partial charge in [0.2, 0.25) is 0 Å². The summed E-state index contributed by atoms with van der Waals surface area (Å²) in [7, 11) is 0. The number of hydrogen-bond acceptors (Lipinski definition) is 4. The summed E-state index contributed by atoms with van der Waals surface area (Å²) in [6.07, 6.45) is 0. The molecule has 0 saturated heterocycles. The molecule has 0 spiro atoms. The Labute approximate surface area is 129 Å². The van der Waals surface area contributed by atoms with Gasteiger partial charge in [0.25, 0.3) is 5.69 Å². The highest BCUT2D eigenvalue weighted by Crippen LogP contribution is 2.34. The molecule has 0 bridgehead atoms. The van der Waals surface area contributed by atoms with E-state index in [9.17, 15) is 15.2 Å². The Morgan fingerprint density at radius 1 is 1.10 bits per heavy atom. The molecule has 2 aromatic rings. The van der Waals surface area contributed by atoms with E-state index < -0.39 is 4.92 Å². The normalized spacial score (nSPS) is 10.6. The van der Waals surface area contributed by atoms with Crippen LogP contribution in [-0.4, -0.2) is 10.0 Å². The molecule has 2 rings (SSSR count). The summed E-state index contributed by atoms with van der Waals surface area (Å²) in [6, 6.07) is 9.80. The van der Waals surface area contributed by atoms with Crippen LogP contribution in [0.2, 0.25) is 10.0 Å². The molecule has 0 saturated carbocycles. The van der Waals surface area contributed by atoms with Crippen LogP contribution in [0.3, 0.4) is 0 Å². The van der Waals surface area contributed by atoms with Crippen LogP contribution in [0.1, 0.15) is 5.56 Å². The molecule has 0 amide bonds. The zero-order chi connectivity index (χ0) is 14.7. The lowest BCUT2D eigenvalue weighted by atomic mass is 10.2. The second kappa shape index (κ2) is 6.45. The fourth-order valence-corrected chi connectivity index (χ4v) is 2.89. The first-order valence-electron chi connectivity index (χ1n) is 5.52. The molecule has 0 radical (unpaired) electrons. The van der Waals surface area contributed by atoms with E-state index in [1.165, 1.54) is 17.8 Å². The predicted octanol–water partition coefficient (Wildman–Crippen LogP) is 4.55. The SMILES string of the molecule is O=[N+]([O-])c1ccc(Sc2ccc(Cl)c(Cl)c2)cc1CO.